The van der Waals surface area contributed by atoms with Gasteiger partial charge in [0.2, 0.25) is 0 Å². The van der Waals surface area contributed by atoms with E-state index in [-0.39, 0.29) is 0 Å². The first-order chi connectivity index (χ1) is 9.54. The minimum absolute atomic E-state index is 0.564. The van der Waals surface area contributed by atoms with E-state index >= 15 is 0 Å². The predicted molar refractivity (Wildman–Crippen MR) is 88.6 cm³/mol. The number of fused-ring (bicyclic) bond motifs is 1. The number of nitrogens with one attached hydrogen (secondary N) is 1. The van der Waals surface area contributed by atoms with Crippen LogP contribution in [-0.4, -0.2) is 6.54 Å². The Morgan fingerprint density at radius 1 is 1.10 bits per heavy atom. The molecule has 112 valence electrons. The predicted octanol–water partition coefficient (Wildman–Crippen LogP) is 5.31. The Morgan fingerprint density at radius 2 is 1.85 bits per heavy atom. The minimum Gasteiger partial charge on any atom is -0.310 e. The van der Waals surface area contributed by atoms with Crippen LogP contribution in [0.2, 0.25) is 0 Å². The van der Waals surface area contributed by atoms with Crippen LogP contribution in [0.25, 0.3) is 0 Å². The summed E-state index contributed by atoms with van der Waals surface area (Å²) >= 11 is 0. The molecule has 0 amide bonds. The fourth-order valence-electron chi connectivity index (χ4n) is 3.45. The van der Waals surface area contributed by atoms with Crippen LogP contribution in [0, 0.1) is 0 Å². The van der Waals surface area contributed by atoms with Gasteiger partial charge < -0.3 is 5.32 Å². The van der Waals surface area contributed by atoms with Crippen LogP contribution in [0.3, 0.4) is 0 Å². The third-order valence-corrected chi connectivity index (χ3v) is 4.63. The largest absolute Gasteiger partial charge is 0.310 e. The fourth-order valence-corrected chi connectivity index (χ4v) is 3.45. The van der Waals surface area contributed by atoms with Gasteiger partial charge in [-0.2, -0.15) is 0 Å². The van der Waals surface area contributed by atoms with Crippen molar-refractivity contribution in [2.24, 2.45) is 0 Å². The summed E-state index contributed by atoms with van der Waals surface area (Å²) in [6, 6.07) is 5.53. The lowest BCUT2D eigenvalue weighted by molar-refractivity contribution is 0.503. The fraction of sp³-hybridized carbons (Fsp3) is 0.684. The highest BCUT2D eigenvalue weighted by Gasteiger charge is 2.22. The van der Waals surface area contributed by atoms with E-state index in [4.69, 9.17) is 0 Å². The average Bonchev–Trinajstić information content (AvgIpc) is 2.60. The number of benzene rings is 1. The van der Waals surface area contributed by atoms with E-state index in [1.807, 2.05) is 0 Å². The van der Waals surface area contributed by atoms with Crippen LogP contribution in [-0.2, 0) is 6.42 Å². The highest BCUT2D eigenvalue weighted by atomic mass is 14.9. The first kappa shape index (κ1) is 15.6. The molecule has 0 spiro atoms. The van der Waals surface area contributed by atoms with Gasteiger partial charge >= 0.3 is 0 Å². The van der Waals surface area contributed by atoms with Crippen LogP contribution in [0.1, 0.15) is 94.0 Å². The Bertz CT molecular complexity index is 445. The van der Waals surface area contributed by atoms with Gasteiger partial charge in [0.05, 0.1) is 0 Å². The van der Waals surface area contributed by atoms with Gasteiger partial charge in [-0.3, -0.25) is 0 Å². The smallest absolute Gasteiger partial charge is 0.0323 e. The van der Waals surface area contributed by atoms with E-state index < -0.39 is 0 Å². The van der Waals surface area contributed by atoms with E-state index in [1.54, 1.807) is 16.7 Å². The molecule has 0 aliphatic heterocycles. The molecule has 0 radical (unpaired) electrons. The second-order valence-electron chi connectivity index (χ2n) is 6.84. The summed E-state index contributed by atoms with van der Waals surface area (Å²) in [5, 5.41) is 3.71. The van der Waals surface area contributed by atoms with Gasteiger partial charge in [-0.1, -0.05) is 53.2 Å². The van der Waals surface area contributed by atoms with Gasteiger partial charge in [0.25, 0.3) is 0 Å². The molecule has 1 aliphatic rings. The van der Waals surface area contributed by atoms with Crippen LogP contribution < -0.4 is 5.32 Å². The van der Waals surface area contributed by atoms with Gasteiger partial charge in [-0.15, -0.1) is 0 Å². The Kier molecular flexibility index (Phi) is 5.26. The summed E-state index contributed by atoms with van der Waals surface area (Å²) in [5.74, 6) is 1.24. The van der Waals surface area contributed by atoms with Crippen molar-refractivity contribution in [3.8, 4) is 0 Å². The maximum atomic E-state index is 3.71. The van der Waals surface area contributed by atoms with Crippen LogP contribution in [0.5, 0.6) is 0 Å². The zero-order chi connectivity index (χ0) is 14.7. The molecule has 1 heteroatoms. The van der Waals surface area contributed by atoms with E-state index in [9.17, 15) is 0 Å². The lowest BCUT2D eigenvalue weighted by Gasteiger charge is -2.24. The van der Waals surface area contributed by atoms with Crippen molar-refractivity contribution in [1.29, 1.82) is 0 Å². The molecule has 1 aliphatic carbocycles. The Balaban J connectivity index is 2.55. The molecule has 0 saturated carbocycles. The standard InChI is InChI=1S/C19H31N/c1-6-20-19-10-8-7-9-16-17(14(4)5)11-15(13(2)3)12-18(16)19/h11-14,19-20H,6-10H2,1-5H3. The van der Waals surface area contributed by atoms with Gasteiger partial charge in [0.15, 0.2) is 0 Å². The van der Waals surface area contributed by atoms with Crippen molar-refractivity contribution in [3.05, 3.63) is 34.4 Å². The molecule has 0 fully saturated rings. The summed E-state index contributed by atoms with van der Waals surface area (Å²) in [6.45, 7) is 12.6. The minimum atomic E-state index is 0.564. The zero-order valence-electron chi connectivity index (χ0n) is 13.9. The normalized spacial score (nSPS) is 19.2. The molecule has 0 bridgehead atoms. The van der Waals surface area contributed by atoms with E-state index in [1.165, 1.54) is 31.2 Å². The summed E-state index contributed by atoms with van der Waals surface area (Å²) in [4.78, 5) is 0. The van der Waals surface area contributed by atoms with Gasteiger partial charge in [-0.05, 0) is 59.9 Å². The van der Waals surface area contributed by atoms with Crippen LogP contribution in [0.15, 0.2) is 12.1 Å². The van der Waals surface area contributed by atoms with Crippen molar-refractivity contribution < 1.29 is 0 Å². The summed E-state index contributed by atoms with van der Waals surface area (Å²) in [5.41, 5.74) is 6.35. The number of hydrogen-bond donors (Lipinski definition) is 1. The second-order valence-corrected chi connectivity index (χ2v) is 6.84. The highest BCUT2D eigenvalue weighted by Crippen LogP contribution is 2.36. The molecule has 1 N–H and O–H groups in total. The van der Waals surface area contributed by atoms with Crippen molar-refractivity contribution in [1.82, 2.24) is 5.32 Å². The first-order valence-corrected chi connectivity index (χ1v) is 8.44. The second kappa shape index (κ2) is 6.76. The Hall–Kier alpha value is -0.820. The lowest BCUT2D eigenvalue weighted by Crippen LogP contribution is -2.22. The van der Waals surface area contributed by atoms with E-state index in [2.05, 4.69) is 52.1 Å². The average molecular weight is 273 g/mol. The van der Waals surface area contributed by atoms with E-state index in [0.29, 0.717) is 17.9 Å². The Morgan fingerprint density at radius 3 is 2.45 bits per heavy atom. The third kappa shape index (κ3) is 3.25. The molecular weight excluding hydrogens is 242 g/mol. The molecular formula is C19H31N. The molecule has 0 saturated heterocycles. The third-order valence-electron chi connectivity index (χ3n) is 4.63. The maximum Gasteiger partial charge on any atom is 0.0323 e. The molecule has 2 rings (SSSR count). The highest BCUT2D eigenvalue weighted by molar-refractivity contribution is 5.44. The monoisotopic (exact) mass is 273 g/mol. The molecule has 1 atom stereocenters. The molecule has 0 aromatic heterocycles. The van der Waals surface area contributed by atoms with Gasteiger partial charge in [-0.25, -0.2) is 0 Å². The van der Waals surface area contributed by atoms with Crippen molar-refractivity contribution >= 4 is 0 Å². The maximum absolute atomic E-state index is 3.71. The molecule has 1 aromatic carbocycles. The van der Waals surface area contributed by atoms with Crippen LogP contribution >= 0.6 is 0 Å². The quantitative estimate of drug-likeness (QED) is 0.733. The molecule has 0 heterocycles. The summed E-state index contributed by atoms with van der Waals surface area (Å²) < 4.78 is 0. The van der Waals surface area contributed by atoms with Crippen molar-refractivity contribution in [2.45, 2.75) is 78.2 Å². The summed E-state index contributed by atoms with van der Waals surface area (Å²) in [6.07, 6.45) is 5.25. The lowest BCUT2D eigenvalue weighted by atomic mass is 9.85. The SMILES string of the molecule is CCNC1CCCCc2c(C(C)C)cc(C(C)C)cc21. The van der Waals surface area contributed by atoms with E-state index in [0.717, 1.165) is 6.54 Å². The number of rotatable bonds is 4. The first-order valence-electron chi connectivity index (χ1n) is 8.44. The Labute approximate surface area is 125 Å². The topological polar surface area (TPSA) is 12.0 Å². The molecule has 20 heavy (non-hydrogen) atoms. The van der Waals surface area contributed by atoms with Crippen LogP contribution in [0.4, 0.5) is 0 Å². The molecule has 1 unspecified atom stereocenters. The van der Waals surface area contributed by atoms with Crippen molar-refractivity contribution in [2.75, 3.05) is 6.54 Å². The number of hydrogen-bond acceptors (Lipinski definition) is 1. The van der Waals surface area contributed by atoms with Crippen molar-refractivity contribution in [3.63, 3.8) is 0 Å². The summed E-state index contributed by atoms with van der Waals surface area (Å²) in [7, 11) is 0. The molecule has 1 aromatic rings. The molecule has 1 nitrogen and oxygen atoms in total. The van der Waals surface area contributed by atoms with Gasteiger partial charge in [0.1, 0.15) is 0 Å². The van der Waals surface area contributed by atoms with Gasteiger partial charge in [0, 0.05) is 6.04 Å². The zero-order valence-corrected chi connectivity index (χ0v) is 13.9.